The summed E-state index contributed by atoms with van der Waals surface area (Å²) in [5.41, 5.74) is 1.49. The third-order valence-corrected chi connectivity index (χ3v) is 3.39. The van der Waals surface area contributed by atoms with Gasteiger partial charge in [-0.15, -0.1) is 0 Å². The van der Waals surface area contributed by atoms with E-state index in [1.165, 1.54) is 0 Å². The lowest BCUT2D eigenvalue weighted by Crippen LogP contribution is -2.48. The Morgan fingerprint density at radius 2 is 1.89 bits per heavy atom. The van der Waals surface area contributed by atoms with E-state index in [0.29, 0.717) is 6.54 Å². The molecule has 19 heavy (non-hydrogen) atoms. The summed E-state index contributed by atoms with van der Waals surface area (Å²) in [6.45, 7) is 6.34. The van der Waals surface area contributed by atoms with Crippen LogP contribution in [0.25, 0.3) is 0 Å². The summed E-state index contributed by atoms with van der Waals surface area (Å²) in [7, 11) is 1.76. The van der Waals surface area contributed by atoms with Crippen molar-refractivity contribution in [2.75, 3.05) is 18.5 Å². The molecule has 0 unspecified atom stereocenters. The largest absolute Gasteiger partial charge is 0.324 e. The Morgan fingerprint density at radius 1 is 1.26 bits per heavy atom. The van der Waals surface area contributed by atoms with Gasteiger partial charge in [0, 0.05) is 19.0 Å². The summed E-state index contributed by atoms with van der Waals surface area (Å²) in [4.78, 5) is 27.6. The maximum atomic E-state index is 12.3. The van der Waals surface area contributed by atoms with Gasteiger partial charge in [0.2, 0.25) is 0 Å². The first kappa shape index (κ1) is 13.6. The number of amides is 2. The number of rotatable bonds is 2. The van der Waals surface area contributed by atoms with Crippen LogP contribution in [0.5, 0.6) is 0 Å². The van der Waals surface area contributed by atoms with E-state index in [-0.39, 0.29) is 18.4 Å². The minimum atomic E-state index is -0.439. The SMILES string of the molecule is CN1Cc2ccccc2N(CC(=O)C(C)(C)C)C1=O. The van der Waals surface area contributed by atoms with Crippen LogP contribution >= 0.6 is 0 Å². The Hall–Kier alpha value is -1.84. The zero-order valence-corrected chi connectivity index (χ0v) is 11.9. The van der Waals surface area contributed by atoms with Gasteiger partial charge in [-0.05, 0) is 11.6 Å². The van der Waals surface area contributed by atoms with Crippen LogP contribution in [0, 0.1) is 5.41 Å². The first-order valence-electron chi connectivity index (χ1n) is 6.44. The highest BCUT2D eigenvalue weighted by Crippen LogP contribution is 2.28. The normalized spacial score (nSPS) is 15.5. The van der Waals surface area contributed by atoms with Crippen LogP contribution in [0.1, 0.15) is 26.3 Å². The molecule has 1 aliphatic rings. The van der Waals surface area contributed by atoms with Crippen molar-refractivity contribution in [3.8, 4) is 0 Å². The number of urea groups is 1. The van der Waals surface area contributed by atoms with Crippen molar-refractivity contribution in [1.82, 2.24) is 4.90 Å². The van der Waals surface area contributed by atoms with E-state index in [1.807, 2.05) is 45.0 Å². The Labute approximate surface area is 114 Å². The highest BCUT2D eigenvalue weighted by molar-refractivity contribution is 6.01. The van der Waals surface area contributed by atoms with Crippen molar-refractivity contribution in [3.05, 3.63) is 29.8 Å². The van der Waals surface area contributed by atoms with Crippen LogP contribution in [-0.2, 0) is 11.3 Å². The molecule has 1 aromatic rings. The molecule has 2 rings (SSSR count). The lowest BCUT2D eigenvalue weighted by atomic mass is 9.90. The fraction of sp³-hybridized carbons (Fsp3) is 0.467. The minimum absolute atomic E-state index is 0.0611. The van der Waals surface area contributed by atoms with Gasteiger partial charge < -0.3 is 4.90 Å². The van der Waals surface area contributed by atoms with E-state index in [4.69, 9.17) is 0 Å². The predicted molar refractivity (Wildman–Crippen MR) is 75.1 cm³/mol. The first-order valence-corrected chi connectivity index (χ1v) is 6.44. The standard InChI is InChI=1S/C15H20N2O2/c1-15(2,3)13(18)10-17-12-8-6-5-7-11(12)9-16(4)14(17)19/h5-8H,9-10H2,1-4H3. The monoisotopic (exact) mass is 260 g/mol. The van der Waals surface area contributed by atoms with E-state index in [9.17, 15) is 9.59 Å². The Bertz CT molecular complexity index is 517. The van der Waals surface area contributed by atoms with Gasteiger partial charge in [0.15, 0.2) is 5.78 Å². The molecule has 1 heterocycles. The molecule has 1 aliphatic heterocycles. The number of hydrogen-bond donors (Lipinski definition) is 0. The molecule has 4 heteroatoms. The number of hydrogen-bond acceptors (Lipinski definition) is 2. The molecule has 4 nitrogen and oxygen atoms in total. The average Bonchev–Trinajstić information content (AvgIpc) is 2.33. The maximum absolute atomic E-state index is 12.3. The molecule has 0 atom stereocenters. The molecule has 0 saturated carbocycles. The number of carbonyl (C=O) groups is 2. The Kier molecular flexibility index (Phi) is 3.35. The number of fused-ring (bicyclic) bond motifs is 1. The second-order valence-corrected chi connectivity index (χ2v) is 6.03. The summed E-state index contributed by atoms with van der Waals surface area (Å²) >= 11 is 0. The van der Waals surface area contributed by atoms with Gasteiger partial charge in [0.05, 0.1) is 12.2 Å². The van der Waals surface area contributed by atoms with Crippen LogP contribution in [0.3, 0.4) is 0 Å². The molecule has 102 valence electrons. The van der Waals surface area contributed by atoms with E-state index in [2.05, 4.69) is 0 Å². The maximum Gasteiger partial charge on any atom is 0.324 e. The molecule has 0 bridgehead atoms. The Morgan fingerprint density at radius 3 is 2.53 bits per heavy atom. The highest BCUT2D eigenvalue weighted by Gasteiger charge is 2.32. The van der Waals surface area contributed by atoms with Gasteiger partial charge in [0.1, 0.15) is 0 Å². The molecule has 0 radical (unpaired) electrons. The average molecular weight is 260 g/mol. The first-order chi connectivity index (χ1) is 8.80. The van der Waals surface area contributed by atoms with E-state index >= 15 is 0 Å². The third-order valence-electron chi connectivity index (χ3n) is 3.39. The van der Waals surface area contributed by atoms with Crippen molar-refractivity contribution in [3.63, 3.8) is 0 Å². The highest BCUT2D eigenvalue weighted by atomic mass is 16.2. The lowest BCUT2D eigenvalue weighted by Gasteiger charge is -2.35. The smallest absolute Gasteiger partial charge is 0.323 e. The van der Waals surface area contributed by atoms with Crippen LogP contribution in [0.4, 0.5) is 10.5 Å². The summed E-state index contributed by atoms with van der Waals surface area (Å²) in [6, 6.07) is 7.62. The third kappa shape index (κ3) is 2.62. The molecule has 2 amide bonds. The second kappa shape index (κ2) is 4.68. The molecule has 1 aromatic carbocycles. The van der Waals surface area contributed by atoms with Gasteiger partial charge in [-0.3, -0.25) is 9.69 Å². The van der Waals surface area contributed by atoms with Crippen molar-refractivity contribution >= 4 is 17.5 Å². The van der Waals surface area contributed by atoms with Gasteiger partial charge >= 0.3 is 6.03 Å². The molecule has 0 saturated heterocycles. The zero-order chi connectivity index (χ0) is 14.2. The Balaban J connectivity index is 2.33. The van der Waals surface area contributed by atoms with E-state index in [0.717, 1.165) is 11.3 Å². The topological polar surface area (TPSA) is 40.6 Å². The van der Waals surface area contributed by atoms with Gasteiger partial charge in [-0.25, -0.2) is 4.79 Å². The van der Waals surface area contributed by atoms with Crippen molar-refractivity contribution < 1.29 is 9.59 Å². The van der Waals surface area contributed by atoms with Gasteiger partial charge in [-0.2, -0.15) is 0 Å². The second-order valence-electron chi connectivity index (χ2n) is 6.03. The van der Waals surface area contributed by atoms with Crippen molar-refractivity contribution in [2.24, 2.45) is 5.41 Å². The molecule has 0 fully saturated rings. The number of carbonyl (C=O) groups excluding carboxylic acids is 2. The molecular formula is C15H20N2O2. The number of benzene rings is 1. The lowest BCUT2D eigenvalue weighted by molar-refractivity contribution is -0.124. The molecule has 0 N–H and O–H groups in total. The van der Waals surface area contributed by atoms with Crippen LogP contribution in [-0.4, -0.2) is 30.3 Å². The quantitative estimate of drug-likeness (QED) is 0.820. The fourth-order valence-electron chi connectivity index (χ4n) is 2.07. The number of nitrogens with zero attached hydrogens (tertiary/aromatic N) is 2. The summed E-state index contributed by atoms with van der Waals surface area (Å²) < 4.78 is 0. The van der Waals surface area contributed by atoms with E-state index in [1.54, 1.807) is 16.8 Å². The number of Topliss-reactive ketones (excluding diaryl/α,β-unsaturated/α-hetero) is 1. The molecule has 0 spiro atoms. The van der Waals surface area contributed by atoms with Crippen molar-refractivity contribution in [2.45, 2.75) is 27.3 Å². The van der Waals surface area contributed by atoms with Gasteiger partial charge in [-0.1, -0.05) is 39.0 Å². The molecule has 0 aliphatic carbocycles. The van der Waals surface area contributed by atoms with Crippen LogP contribution in [0.15, 0.2) is 24.3 Å². The molecular weight excluding hydrogens is 240 g/mol. The predicted octanol–water partition coefficient (Wildman–Crippen LogP) is 2.67. The number of para-hydroxylation sites is 1. The fourth-order valence-corrected chi connectivity index (χ4v) is 2.07. The van der Waals surface area contributed by atoms with Gasteiger partial charge in [0.25, 0.3) is 0 Å². The summed E-state index contributed by atoms with van der Waals surface area (Å²) in [5, 5.41) is 0. The van der Waals surface area contributed by atoms with Crippen LogP contribution < -0.4 is 4.90 Å². The zero-order valence-electron chi connectivity index (χ0n) is 11.9. The summed E-state index contributed by atoms with van der Waals surface area (Å²) in [6.07, 6.45) is 0. The number of ketones is 1. The minimum Gasteiger partial charge on any atom is -0.323 e. The number of anilines is 1. The van der Waals surface area contributed by atoms with E-state index < -0.39 is 5.41 Å². The molecule has 0 aromatic heterocycles. The summed E-state index contributed by atoms with van der Waals surface area (Å²) in [5.74, 6) is 0.0611. The van der Waals surface area contributed by atoms with Crippen molar-refractivity contribution in [1.29, 1.82) is 0 Å². The van der Waals surface area contributed by atoms with Crippen LogP contribution in [0.2, 0.25) is 0 Å².